The molecule has 1 heterocycles. The van der Waals surface area contributed by atoms with E-state index in [9.17, 15) is 19.7 Å². The van der Waals surface area contributed by atoms with Gasteiger partial charge in [0.1, 0.15) is 0 Å². The van der Waals surface area contributed by atoms with Crippen molar-refractivity contribution in [2.75, 3.05) is 6.54 Å². The number of H-pyrrole nitrogens is 1. The number of nitro groups is 1. The lowest BCUT2D eigenvalue weighted by Crippen LogP contribution is -2.34. The number of aromatic amines is 1. The minimum absolute atomic E-state index is 0.142. The van der Waals surface area contributed by atoms with E-state index in [1.807, 2.05) is 11.9 Å². The van der Waals surface area contributed by atoms with Crippen LogP contribution in [0.1, 0.15) is 19.8 Å². The summed E-state index contributed by atoms with van der Waals surface area (Å²) in [6.45, 7) is 3.01. The molecule has 1 aliphatic rings. The summed E-state index contributed by atoms with van der Waals surface area (Å²) in [4.78, 5) is 34.6. The molecule has 1 fully saturated rings. The van der Waals surface area contributed by atoms with Gasteiger partial charge in [0, 0.05) is 12.6 Å². The van der Waals surface area contributed by atoms with E-state index in [4.69, 9.17) is 0 Å². The molecule has 1 aliphatic carbocycles. The standard InChI is InChI=1S/C11H16N4O4/c1-7(4-12-8-2-3-8)5-14-6-9(15(18)19)10(16)13-11(14)17/h6-8,12H,2-5H2,1H3,(H,13,16,17). The van der Waals surface area contributed by atoms with Crippen LogP contribution in [0.3, 0.4) is 0 Å². The van der Waals surface area contributed by atoms with Crippen LogP contribution in [0.15, 0.2) is 15.8 Å². The number of hydrogen-bond acceptors (Lipinski definition) is 5. The number of nitrogens with zero attached hydrogens (tertiary/aromatic N) is 2. The molecule has 2 rings (SSSR count). The van der Waals surface area contributed by atoms with Crippen molar-refractivity contribution in [2.24, 2.45) is 5.92 Å². The second-order valence-corrected chi connectivity index (χ2v) is 4.97. The molecule has 0 saturated heterocycles. The van der Waals surface area contributed by atoms with Crippen LogP contribution in [-0.4, -0.2) is 27.1 Å². The highest BCUT2D eigenvalue weighted by Crippen LogP contribution is 2.18. The molecule has 0 amide bonds. The molecule has 1 aromatic rings. The first-order chi connectivity index (χ1) is 8.97. The number of nitrogens with one attached hydrogen (secondary N) is 2. The zero-order valence-electron chi connectivity index (χ0n) is 10.6. The highest BCUT2D eigenvalue weighted by molar-refractivity contribution is 5.20. The third-order valence-corrected chi connectivity index (χ3v) is 3.03. The van der Waals surface area contributed by atoms with Crippen LogP contribution in [0.25, 0.3) is 0 Å². The van der Waals surface area contributed by atoms with Crippen molar-refractivity contribution in [1.82, 2.24) is 14.9 Å². The van der Waals surface area contributed by atoms with Crippen molar-refractivity contribution in [3.05, 3.63) is 37.1 Å². The van der Waals surface area contributed by atoms with Gasteiger partial charge in [-0.2, -0.15) is 0 Å². The Hall–Kier alpha value is -1.96. The molecule has 1 atom stereocenters. The Kier molecular flexibility index (Phi) is 3.79. The fourth-order valence-electron chi connectivity index (χ4n) is 1.82. The zero-order chi connectivity index (χ0) is 14.0. The van der Waals surface area contributed by atoms with Crippen molar-refractivity contribution in [3.8, 4) is 0 Å². The van der Waals surface area contributed by atoms with Gasteiger partial charge in [0.15, 0.2) is 0 Å². The van der Waals surface area contributed by atoms with Crippen molar-refractivity contribution >= 4 is 5.69 Å². The van der Waals surface area contributed by atoms with E-state index in [1.165, 1.54) is 17.4 Å². The van der Waals surface area contributed by atoms with Gasteiger partial charge in [0.25, 0.3) is 0 Å². The second-order valence-electron chi connectivity index (χ2n) is 4.97. The summed E-state index contributed by atoms with van der Waals surface area (Å²) in [6.07, 6.45) is 3.36. The van der Waals surface area contributed by atoms with Crippen molar-refractivity contribution < 1.29 is 4.92 Å². The third kappa shape index (κ3) is 3.50. The molecule has 0 radical (unpaired) electrons. The first-order valence-electron chi connectivity index (χ1n) is 6.19. The summed E-state index contributed by atoms with van der Waals surface area (Å²) >= 11 is 0. The minimum Gasteiger partial charge on any atom is -0.314 e. The molecule has 8 nitrogen and oxygen atoms in total. The Morgan fingerprint density at radius 1 is 1.58 bits per heavy atom. The summed E-state index contributed by atoms with van der Waals surface area (Å²) in [5.41, 5.74) is -2.19. The average Bonchev–Trinajstić information content (AvgIpc) is 3.13. The van der Waals surface area contributed by atoms with Gasteiger partial charge in [-0.25, -0.2) is 4.79 Å². The van der Waals surface area contributed by atoms with Gasteiger partial charge in [-0.1, -0.05) is 6.92 Å². The zero-order valence-corrected chi connectivity index (χ0v) is 10.6. The SMILES string of the molecule is CC(CNC1CC1)Cn1cc([N+](=O)[O-])c(=O)[nH]c1=O. The highest BCUT2D eigenvalue weighted by atomic mass is 16.6. The Balaban J connectivity index is 2.09. The Morgan fingerprint density at radius 3 is 2.84 bits per heavy atom. The number of hydrogen-bond donors (Lipinski definition) is 2. The maximum Gasteiger partial charge on any atom is 0.350 e. The normalized spacial score (nSPS) is 16.3. The summed E-state index contributed by atoms with van der Waals surface area (Å²) in [5, 5.41) is 14.0. The van der Waals surface area contributed by atoms with Crippen LogP contribution in [0, 0.1) is 16.0 Å². The lowest BCUT2D eigenvalue weighted by Gasteiger charge is -2.13. The van der Waals surface area contributed by atoms with Gasteiger partial charge in [-0.3, -0.25) is 24.5 Å². The number of aromatic nitrogens is 2. The lowest BCUT2D eigenvalue weighted by molar-refractivity contribution is -0.386. The van der Waals surface area contributed by atoms with Gasteiger partial charge in [0.05, 0.1) is 11.1 Å². The average molecular weight is 268 g/mol. The first-order valence-corrected chi connectivity index (χ1v) is 6.19. The molecule has 1 unspecified atom stereocenters. The van der Waals surface area contributed by atoms with E-state index < -0.39 is 21.9 Å². The minimum atomic E-state index is -0.963. The fraction of sp³-hybridized carbons (Fsp3) is 0.636. The van der Waals surface area contributed by atoms with E-state index >= 15 is 0 Å². The summed E-state index contributed by atoms with van der Waals surface area (Å²) in [7, 11) is 0. The predicted octanol–water partition coefficient (Wildman–Crippen LogP) is -0.167. The largest absolute Gasteiger partial charge is 0.350 e. The van der Waals surface area contributed by atoms with E-state index in [1.54, 1.807) is 0 Å². The topological polar surface area (TPSA) is 110 Å². The molecule has 0 aromatic carbocycles. The lowest BCUT2D eigenvalue weighted by atomic mass is 10.2. The van der Waals surface area contributed by atoms with Crippen LogP contribution in [-0.2, 0) is 6.54 Å². The van der Waals surface area contributed by atoms with Gasteiger partial charge >= 0.3 is 16.9 Å². The maximum absolute atomic E-state index is 11.6. The molecular formula is C11H16N4O4. The first kappa shape index (κ1) is 13.5. The number of rotatable bonds is 6. The molecule has 1 saturated carbocycles. The van der Waals surface area contributed by atoms with Crippen LogP contribution in [0.2, 0.25) is 0 Å². The van der Waals surface area contributed by atoms with E-state index in [-0.39, 0.29) is 5.92 Å². The van der Waals surface area contributed by atoms with Crippen LogP contribution in [0.4, 0.5) is 5.69 Å². The van der Waals surface area contributed by atoms with Gasteiger partial charge < -0.3 is 5.32 Å². The predicted molar refractivity (Wildman–Crippen MR) is 68.2 cm³/mol. The Bertz CT molecular complexity index is 587. The van der Waals surface area contributed by atoms with Crippen molar-refractivity contribution in [3.63, 3.8) is 0 Å². The third-order valence-electron chi connectivity index (χ3n) is 3.03. The van der Waals surface area contributed by atoms with Crippen molar-refractivity contribution in [1.29, 1.82) is 0 Å². The Labute approximate surface area is 108 Å². The van der Waals surface area contributed by atoms with Gasteiger partial charge in [-0.15, -0.1) is 0 Å². The molecule has 1 aromatic heterocycles. The molecule has 0 spiro atoms. The summed E-state index contributed by atoms with van der Waals surface area (Å²) in [5.74, 6) is 0.142. The molecule has 0 aliphatic heterocycles. The van der Waals surface area contributed by atoms with Crippen molar-refractivity contribution in [2.45, 2.75) is 32.4 Å². The van der Waals surface area contributed by atoms with Crippen LogP contribution in [0.5, 0.6) is 0 Å². The Morgan fingerprint density at radius 2 is 2.26 bits per heavy atom. The smallest absolute Gasteiger partial charge is 0.314 e. The molecule has 104 valence electrons. The molecular weight excluding hydrogens is 252 g/mol. The quantitative estimate of drug-likeness (QED) is 0.550. The molecule has 2 N–H and O–H groups in total. The van der Waals surface area contributed by atoms with E-state index in [0.717, 1.165) is 12.7 Å². The molecule has 8 heteroatoms. The molecule has 0 bridgehead atoms. The maximum atomic E-state index is 11.6. The van der Waals surface area contributed by atoms with Crippen LogP contribution >= 0.6 is 0 Å². The van der Waals surface area contributed by atoms with Gasteiger partial charge in [0.2, 0.25) is 0 Å². The van der Waals surface area contributed by atoms with Crippen LogP contribution < -0.4 is 16.6 Å². The summed E-state index contributed by atoms with van der Waals surface area (Å²) in [6, 6.07) is 0.573. The highest BCUT2D eigenvalue weighted by Gasteiger charge is 2.21. The second kappa shape index (κ2) is 5.35. The van der Waals surface area contributed by atoms with E-state index in [0.29, 0.717) is 12.6 Å². The summed E-state index contributed by atoms with van der Waals surface area (Å²) < 4.78 is 1.18. The van der Waals surface area contributed by atoms with Gasteiger partial charge in [-0.05, 0) is 25.3 Å². The fourth-order valence-corrected chi connectivity index (χ4v) is 1.82. The van der Waals surface area contributed by atoms with E-state index in [2.05, 4.69) is 5.32 Å². The monoisotopic (exact) mass is 268 g/mol. The molecule has 19 heavy (non-hydrogen) atoms.